The molecule has 4 aliphatic rings. The van der Waals surface area contributed by atoms with E-state index in [1.165, 1.54) is 26.2 Å². The molecule has 0 heterocycles. The predicted octanol–water partition coefficient (Wildman–Crippen LogP) is 5.26. The maximum Gasteiger partial charge on any atom is 0.302 e. The molecule has 4 heteroatoms. The van der Waals surface area contributed by atoms with E-state index in [2.05, 4.69) is 13.8 Å². The Kier molecular flexibility index (Phi) is 4.53. The quantitative estimate of drug-likeness (QED) is 0.486. The Morgan fingerprint density at radius 3 is 2.62 bits per heavy atom. The van der Waals surface area contributed by atoms with Gasteiger partial charge in [0.05, 0.1) is 0 Å². The number of fused-ring (bicyclic) bond motifs is 5. The fourth-order valence-electron chi connectivity index (χ4n) is 7.32. The smallest absolute Gasteiger partial charge is 0.302 e. The Morgan fingerprint density at radius 2 is 1.92 bits per heavy atom. The lowest BCUT2D eigenvalue weighted by Crippen LogP contribution is -2.53. The van der Waals surface area contributed by atoms with Crippen molar-refractivity contribution in [2.24, 2.45) is 34.5 Å². The summed E-state index contributed by atoms with van der Waals surface area (Å²) in [5, 5.41) is 0.849. The van der Waals surface area contributed by atoms with E-state index in [-0.39, 0.29) is 17.5 Å². The minimum Gasteiger partial charge on any atom is -0.463 e. The number of hydrogen-bond acceptors (Lipinski definition) is 3. The minimum atomic E-state index is -0.145. The zero-order chi connectivity index (χ0) is 18.7. The summed E-state index contributed by atoms with van der Waals surface area (Å²) in [6, 6.07) is 0. The molecule has 0 aromatic heterocycles. The Labute approximate surface area is 161 Å². The highest BCUT2D eigenvalue weighted by Gasteiger charge is 2.59. The predicted molar refractivity (Wildman–Crippen MR) is 102 cm³/mol. The zero-order valence-electron chi connectivity index (χ0n) is 16.2. The highest BCUT2D eigenvalue weighted by molar-refractivity contribution is 6.32. The summed E-state index contributed by atoms with van der Waals surface area (Å²) < 4.78 is 5.55. The van der Waals surface area contributed by atoms with E-state index < -0.39 is 0 Å². The Balaban J connectivity index is 1.56. The molecule has 4 rings (SSSR count). The summed E-state index contributed by atoms with van der Waals surface area (Å²) in [5.74, 6) is 2.42. The number of carbonyl (C=O) groups is 2. The summed E-state index contributed by atoms with van der Waals surface area (Å²) in [4.78, 5) is 22.9. The zero-order valence-corrected chi connectivity index (χ0v) is 17.0. The number of rotatable bonds is 2. The standard InChI is InChI=1S/C22H31ClO3/c1-13(25)26-16-6-8-21(2)15(11-16)4-5-17-18(21)7-9-22(3)19(17)10-14(12-24)20(22)23/h12,15-19H,4-11H2,1-3H3/t15-,16-,17+,18-,19-,21-,22-/m0/s1. The molecule has 0 saturated heterocycles. The van der Waals surface area contributed by atoms with Crippen LogP contribution < -0.4 is 0 Å². The molecule has 0 amide bonds. The van der Waals surface area contributed by atoms with Crippen molar-refractivity contribution in [3.8, 4) is 0 Å². The van der Waals surface area contributed by atoms with Crippen molar-refractivity contribution in [1.29, 1.82) is 0 Å². The lowest BCUT2D eigenvalue weighted by atomic mass is 9.45. The SMILES string of the molecule is CC(=O)O[C@H]1CC[C@@]2(C)[C@@H](CC[C@@H]3[C@@H]2CC[C@]2(C)C(Cl)=C(C=O)C[C@@H]32)C1. The van der Waals surface area contributed by atoms with Crippen LogP contribution in [-0.2, 0) is 14.3 Å². The first-order valence-electron chi connectivity index (χ1n) is 10.3. The van der Waals surface area contributed by atoms with Crippen molar-refractivity contribution in [2.45, 2.75) is 78.2 Å². The summed E-state index contributed by atoms with van der Waals surface area (Å²) in [7, 11) is 0. The van der Waals surface area contributed by atoms with Crippen LogP contribution in [0.4, 0.5) is 0 Å². The molecule has 3 saturated carbocycles. The largest absolute Gasteiger partial charge is 0.463 e. The van der Waals surface area contributed by atoms with Crippen molar-refractivity contribution in [2.75, 3.05) is 0 Å². The van der Waals surface area contributed by atoms with Crippen LogP contribution >= 0.6 is 11.6 Å². The Bertz CT molecular complexity index is 656. The molecule has 7 atom stereocenters. The monoisotopic (exact) mass is 378 g/mol. The number of carbonyl (C=O) groups excluding carboxylic acids is 2. The lowest BCUT2D eigenvalue weighted by Gasteiger charge is -2.60. The average molecular weight is 379 g/mol. The third kappa shape index (κ3) is 2.60. The van der Waals surface area contributed by atoms with E-state index >= 15 is 0 Å². The van der Waals surface area contributed by atoms with Crippen LogP contribution in [0.25, 0.3) is 0 Å². The molecule has 0 spiro atoms. The molecule has 0 aromatic carbocycles. The van der Waals surface area contributed by atoms with Gasteiger partial charge in [-0.1, -0.05) is 25.4 Å². The fraction of sp³-hybridized carbons (Fsp3) is 0.818. The van der Waals surface area contributed by atoms with Crippen molar-refractivity contribution >= 4 is 23.9 Å². The van der Waals surface area contributed by atoms with E-state index in [9.17, 15) is 9.59 Å². The van der Waals surface area contributed by atoms with Crippen LogP contribution in [0.2, 0.25) is 0 Å². The number of ether oxygens (including phenoxy) is 1. The second-order valence-corrected chi connectivity index (χ2v) is 10.2. The number of halogens is 1. The van der Waals surface area contributed by atoms with E-state index in [1.807, 2.05) is 0 Å². The highest BCUT2D eigenvalue weighted by Crippen LogP contribution is 2.67. The van der Waals surface area contributed by atoms with Gasteiger partial charge in [-0.2, -0.15) is 0 Å². The lowest BCUT2D eigenvalue weighted by molar-refractivity contribution is -0.158. The topological polar surface area (TPSA) is 43.4 Å². The summed E-state index contributed by atoms with van der Waals surface area (Å²) in [5.41, 5.74) is 1.21. The number of aldehydes is 1. The molecule has 4 aliphatic carbocycles. The third-order valence-electron chi connectivity index (χ3n) is 8.71. The van der Waals surface area contributed by atoms with Gasteiger partial charge in [0, 0.05) is 22.9 Å². The minimum absolute atomic E-state index is 0.0110. The molecule has 0 radical (unpaired) electrons. The first-order valence-corrected chi connectivity index (χ1v) is 10.7. The normalized spacial score (nSPS) is 47.6. The summed E-state index contributed by atoms with van der Waals surface area (Å²) in [6.45, 7) is 6.30. The average Bonchev–Trinajstić information content (AvgIpc) is 2.86. The van der Waals surface area contributed by atoms with Gasteiger partial charge in [-0.05, 0) is 80.5 Å². The van der Waals surface area contributed by atoms with Gasteiger partial charge in [-0.3, -0.25) is 9.59 Å². The van der Waals surface area contributed by atoms with E-state index in [0.717, 1.165) is 49.0 Å². The van der Waals surface area contributed by atoms with Crippen LogP contribution in [0.1, 0.15) is 72.1 Å². The van der Waals surface area contributed by atoms with Gasteiger partial charge < -0.3 is 4.74 Å². The van der Waals surface area contributed by atoms with Crippen LogP contribution in [0.15, 0.2) is 10.6 Å². The van der Waals surface area contributed by atoms with Gasteiger partial charge in [0.25, 0.3) is 0 Å². The molecule has 0 aromatic rings. The Hall–Kier alpha value is -0.830. The number of hydrogen-bond donors (Lipinski definition) is 0. The van der Waals surface area contributed by atoms with Crippen LogP contribution in [0.5, 0.6) is 0 Å². The molecular weight excluding hydrogens is 348 g/mol. The number of esters is 1. The fourth-order valence-corrected chi connectivity index (χ4v) is 7.68. The maximum absolute atomic E-state index is 11.5. The van der Waals surface area contributed by atoms with Crippen molar-refractivity contribution in [3.05, 3.63) is 10.6 Å². The Morgan fingerprint density at radius 1 is 1.15 bits per heavy atom. The van der Waals surface area contributed by atoms with Gasteiger partial charge in [-0.25, -0.2) is 0 Å². The second-order valence-electron chi connectivity index (χ2n) is 9.78. The van der Waals surface area contributed by atoms with Gasteiger partial charge in [0.1, 0.15) is 12.4 Å². The first kappa shape index (κ1) is 18.5. The van der Waals surface area contributed by atoms with Crippen LogP contribution in [-0.4, -0.2) is 18.4 Å². The molecule has 144 valence electrons. The summed E-state index contributed by atoms with van der Waals surface area (Å²) >= 11 is 6.66. The third-order valence-corrected chi connectivity index (χ3v) is 9.38. The first-order chi connectivity index (χ1) is 12.3. The molecular formula is C22H31ClO3. The second kappa shape index (κ2) is 6.36. The van der Waals surface area contributed by atoms with Crippen molar-refractivity contribution in [1.82, 2.24) is 0 Å². The van der Waals surface area contributed by atoms with Crippen molar-refractivity contribution in [3.63, 3.8) is 0 Å². The van der Waals surface area contributed by atoms with E-state index in [4.69, 9.17) is 16.3 Å². The maximum atomic E-state index is 11.5. The van der Waals surface area contributed by atoms with Gasteiger partial charge >= 0.3 is 5.97 Å². The van der Waals surface area contributed by atoms with Crippen LogP contribution in [0, 0.1) is 34.5 Å². The van der Waals surface area contributed by atoms with E-state index in [1.54, 1.807) is 0 Å². The highest BCUT2D eigenvalue weighted by atomic mass is 35.5. The molecule has 0 unspecified atom stereocenters. The summed E-state index contributed by atoms with van der Waals surface area (Å²) in [6.07, 6.45) is 9.92. The molecule has 26 heavy (non-hydrogen) atoms. The van der Waals surface area contributed by atoms with Gasteiger partial charge in [0.2, 0.25) is 0 Å². The van der Waals surface area contributed by atoms with Crippen LogP contribution in [0.3, 0.4) is 0 Å². The van der Waals surface area contributed by atoms with Gasteiger partial charge in [-0.15, -0.1) is 0 Å². The molecule has 0 aliphatic heterocycles. The van der Waals surface area contributed by atoms with Crippen molar-refractivity contribution < 1.29 is 14.3 Å². The molecule has 0 bridgehead atoms. The molecule has 3 nitrogen and oxygen atoms in total. The molecule has 0 N–H and O–H groups in total. The van der Waals surface area contributed by atoms with E-state index in [0.29, 0.717) is 29.1 Å². The van der Waals surface area contributed by atoms with Gasteiger partial charge in [0.15, 0.2) is 0 Å². The number of allylic oxidation sites excluding steroid dienone is 2. The molecule has 3 fully saturated rings.